The average Bonchev–Trinajstić information content (AvgIpc) is 2.29. The molecule has 0 bridgehead atoms. The van der Waals surface area contributed by atoms with Gasteiger partial charge in [-0.1, -0.05) is 18.2 Å². The summed E-state index contributed by atoms with van der Waals surface area (Å²) in [6.07, 6.45) is -3.92. The molecule has 1 aromatic heterocycles. The van der Waals surface area contributed by atoms with Crippen LogP contribution in [0.15, 0.2) is 36.5 Å². The molecule has 0 spiro atoms. The number of nitrogen functional groups attached to an aromatic ring is 1. The van der Waals surface area contributed by atoms with Gasteiger partial charge < -0.3 is 5.73 Å². The Morgan fingerprint density at radius 1 is 1.06 bits per heavy atom. The molecule has 0 unspecified atom stereocenters. The minimum Gasteiger partial charge on any atom is -0.383 e. The van der Waals surface area contributed by atoms with E-state index in [0.29, 0.717) is 6.20 Å². The van der Waals surface area contributed by atoms with Crippen LogP contribution in [-0.4, -0.2) is 4.98 Å². The van der Waals surface area contributed by atoms with Gasteiger partial charge in [0.1, 0.15) is 11.6 Å². The normalized spacial score (nSPS) is 11.6. The molecular formula is C12H8F4N2. The number of anilines is 1. The summed E-state index contributed by atoms with van der Waals surface area (Å²) < 4.78 is 51.1. The number of hydrogen-bond donors (Lipinski definition) is 1. The standard InChI is InChI=1S/C12H8F4N2/c13-10-4-2-1-3-8(10)9-5-7(12(14,15)16)6-18-11(9)17/h1-6H,(H2,17,18). The fourth-order valence-electron chi connectivity index (χ4n) is 1.53. The van der Waals surface area contributed by atoms with E-state index in [1.807, 2.05) is 0 Å². The van der Waals surface area contributed by atoms with E-state index in [0.717, 1.165) is 12.1 Å². The monoisotopic (exact) mass is 256 g/mol. The number of hydrogen-bond acceptors (Lipinski definition) is 2. The van der Waals surface area contributed by atoms with Gasteiger partial charge in [-0.25, -0.2) is 9.37 Å². The van der Waals surface area contributed by atoms with E-state index >= 15 is 0 Å². The molecule has 0 aliphatic rings. The summed E-state index contributed by atoms with van der Waals surface area (Å²) in [5.74, 6) is -0.793. The van der Waals surface area contributed by atoms with Crippen molar-refractivity contribution in [2.45, 2.75) is 6.18 Å². The van der Waals surface area contributed by atoms with E-state index in [1.165, 1.54) is 18.2 Å². The maximum absolute atomic E-state index is 13.5. The summed E-state index contributed by atoms with van der Waals surface area (Å²) in [5, 5.41) is 0. The molecule has 1 aromatic carbocycles. The van der Waals surface area contributed by atoms with Crippen molar-refractivity contribution in [2.24, 2.45) is 0 Å². The third-order valence-corrected chi connectivity index (χ3v) is 2.41. The lowest BCUT2D eigenvalue weighted by Gasteiger charge is -2.11. The zero-order valence-electron chi connectivity index (χ0n) is 9.00. The van der Waals surface area contributed by atoms with Crippen LogP contribution in [0.5, 0.6) is 0 Å². The average molecular weight is 256 g/mol. The van der Waals surface area contributed by atoms with Crippen LogP contribution in [0, 0.1) is 5.82 Å². The SMILES string of the molecule is Nc1ncc(C(F)(F)F)cc1-c1ccccc1F. The van der Waals surface area contributed by atoms with Crippen LogP contribution in [0.25, 0.3) is 11.1 Å². The minimum absolute atomic E-state index is 0.00593. The van der Waals surface area contributed by atoms with E-state index in [4.69, 9.17) is 5.73 Å². The lowest BCUT2D eigenvalue weighted by atomic mass is 10.0. The summed E-state index contributed by atoms with van der Waals surface area (Å²) in [5.41, 5.74) is 4.45. The number of nitrogens with two attached hydrogens (primary N) is 1. The molecule has 0 saturated carbocycles. The highest BCUT2D eigenvalue weighted by molar-refractivity contribution is 5.74. The van der Waals surface area contributed by atoms with Crippen molar-refractivity contribution in [3.63, 3.8) is 0 Å². The molecule has 2 rings (SSSR count). The van der Waals surface area contributed by atoms with Gasteiger partial charge in [-0.05, 0) is 12.1 Å². The van der Waals surface area contributed by atoms with Crippen LogP contribution >= 0.6 is 0 Å². The number of benzene rings is 1. The lowest BCUT2D eigenvalue weighted by molar-refractivity contribution is -0.137. The largest absolute Gasteiger partial charge is 0.417 e. The van der Waals surface area contributed by atoms with Gasteiger partial charge in [-0.3, -0.25) is 0 Å². The first kappa shape index (κ1) is 12.3. The Morgan fingerprint density at radius 2 is 1.72 bits per heavy atom. The van der Waals surface area contributed by atoms with Crippen molar-refractivity contribution in [2.75, 3.05) is 5.73 Å². The van der Waals surface area contributed by atoms with Crippen LogP contribution in [0.4, 0.5) is 23.4 Å². The fourth-order valence-corrected chi connectivity index (χ4v) is 1.53. The molecule has 2 N–H and O–H groups in total. The lowest BCUT2D eigenvalue weighted by Crippen LogP contribution is -2.07. The second kappa shape index (κ2) is 4.29. The smallest absolute Gasteiger partial charge is 0.383 e. The molecule has 0 amide bonds. The summed E-state index contributed by atoms with van der Waals surface area (Å²) >= 11 is 0. The van der Waals surface area contributed by atoms with E-state index < -0.39 is 17.6 Å². The number of pyridine rings is 1. The van der Waals surface area contributed by atoms with E-state index in [9.17, 15) is 17.6 Å². The molecule has 0 aliphatic heterocycles. The molecule has 2 nitrogen and oxygen atoms in total. The van der Waals surface area contributed by atoms with Gasteiger partial charge in [0, 0.05) is 17.3 Å². The van der Waals surface area contributed by atoms with Crippen LogP contribution in [-0.2, 0) is 6.18 Å². The number of rotatable bonds is 1. The molecular weight excluding hydrogens is 248 g/mol. The van der Waals surface area contributed by atoms with E-state index in [2.05, 4.69) is 4.98 Å². The molecule has 94 valence electrons. The van der Waals surface area contributed by atoms with E-state index in [1.54, 1.807) is 0 Å². The third-order valence-electron chi connectivity index (χ3n) is 2.41. The number of nitrogens with zero attached hydrogens (tertiary/aromatic N) is 1. The summed E-state index contributed by atoms with van der Waals surface area (Å²) in [6.45, 7) is 0. The Bertz CT molecular complexity index is 579. The molecule has 0 atom stereocenters. The van der Waals surface area contributed by atoms with Crippen LogP contribution in [0.2, 0.25) is 0 Å². The summed E-state index contributed by atoms with van der Waals surface area (Å²) in [7, 11) is 0. The van der Waals surface area contributed by atoms with Crippen LogP contribution in [0.1, 0.15) is 5.56 Å². The minimum atomic E-state index is -4.54. The Morgan fingerprint density at radius 3 is 2.33 bits per heavy atom. The van der Waals surface area contributed by atoms with E-state index in [-0.39, 0.29) is 16.9 Å². The molecule has 6 heteroatoms. The van der Waals surface area contributed by atoms with Gasteiger partial charge in [-0.2, -0.15) is 13.2 Å². The first-order valence-corrected chi connectivity index (χ1v) is 4.97. The van der Waals surface area contributed by atoms with Gasteiger partial charge in [-0.15, -0.1) is 0 Å². The number of alkyl halides is 3. The molecule has 0 radical (unpaired) electrons. The highest BCUT2D eigenvalue weighted by Gasteiger charge is 2.31. The van der Waals surface area contributed by atoms with Gasteiger partial charge in [0.15, 0.2) is 0 Å². The second-order valence-electron chi connectivity index (χ2n) is 3.63. The highest BCUT2D eigenvalue weighted by Crippen LogP contribution is 2.34. The number of halogens is 4. The van der Waals surface area contributed by atoms with Gasteiger partial charge in [0.25, 0.3) is 0 Å². The summed E-state index contributed by atoms with van der Waals surface area (Å²) in [4.78, 5) is 3.45. The fraction of sp³-hybridized carbons (Fsp3) is 0.0833. The zero-order chi connectivity index (χ0) is 13.3. The van der Waals surface area contributed by atoms with Crippen LogP contribution < -0.4 is 5.73 Å². The molecule has 0 aliphatic carbocycles. The third kappa shape index (κ3) is 2.27. The maximum atomic E-state index is 13.5. The quantitative estimate of drug-likeness (QED) is 0.793. The van der Waals surface area contributed by atoms with Crippen molar-refractivity contribution in [3.8, 4) is 11.1 Å². The maximum Gasteiger partial charge on any atom is 0.417 e. The first-order chi connectivity index (χ1) is 8.39. The highest BCUT2D eigenvalue weighted by atomic mass is 19.4. The Labute approximate surface area is 100 Å². The van der Waals surface area contributed by atoms with Crippen LogP contribution in [0.3, 0.4) is 0 Å². The van der Waals surface area contributed by atoms with Gasteiger partial charge in [0.2, 0.25) is 0 Å². The van der Waals surface area contributed by atoms with Crippen molar-refractivity contribution >= 4 is 5.82 Å². The molecule has 2 aromatic rings. The number of aromatic nitrogens is 1. The predicted molar refractivity (Wildman–Crippen MR) is 59.0 cm³/mol. The van der Waals surface area contributed by atoms with Crippen molar-refractivity contribution in [1.82, 2.24) is 4.98 Å². The van der Waals surface area contributed by atoms with Gasteiger partial charge in [0.05, 0.1) is 5.56 Å². The van der Waals surface area contributed by atoms with Gasteiger partial charge >= 0.3 is 6.18 Å². The zero-order valence-corrected chi connectivity index (χ0v) is 9.00. The van der Waals surface area contributed by atoms with Crippen molar-refractivity contribution in [1.29, 1.82) is 0 Å². The van der Waals surface area contributed by atoms with Crippen molar-refractivity contribution < 1.29 is 17.6 Å². The first-order valence-electron chi connectivity index (χ1n) is 4.97. The topological polar surface area (TPSA) is 38.9 Å². The molecule has 0 saturated heterocycles. The Balaban J connectivity index is 2.61. The summed E-state index contributed by atoms with van der Waals surface area (Å²) in [6, 6.07) is 6.24. The Hall–Kier alpha value is -2.11. The molecule has 18 heavy (non-hydrogen) atoms. The Kier molecular flexibility index (Phi) is 2.94. The second-order valence-corrected chi connectivity index (χ2v) is 3.63. The molecule has 0 fully saturated rings. The molecule has 1 heterocycles. The van der Waals surface area contributed by atoms with Crippen molar-refractivity contribution in [3.05, 3.63) is 47.9 Å². The predicted octanol–water partition coefficient (Wildman–Crippen LogP) is 3.49.